The number of aliphatic imine (C=N–C) groups is 2. The van der Waals surface area contributed by atoms with E-state index < -0.39 is 80.1 Å². The number of aromatic nitrogens is 2. The smallest absolute Gasteiger partial charge is 0.550 e. The number of carbonyl (C=O) groups excluding carboxylic acids is 1. The van der Waals surface area contributed by atoms with Gasteiger partial charge in [0.1, 0.15) is 11.6 Å². The third-order valence-corrected chi connectivity index (χ3v) is 12.2. The molecule has 0 bridgehead atoms. The fourth-order valence-corrected chi connectivity index (χ4v) is 7.76. The minimum Gasteiger partial charge on any atom is -0.550 e. The summed E-state index contributed by atoms with van der Waals surface area (Å²) >= 11 is 0. The Hall–Kier alpha value is -4.09. The predicted octanol–water partition coefficient (Wildman–Crippen LogP) is -0.668. The van der Waals surface area contributed by atoms with Crippen LogP contribution in [0, 0.1) is 23.5 Å². The SMILES string of the molecule is CC(C)c1nc(N(C)S(=O)(=O)CC(O)C2C(c3ccc(F)cc3)=NC(N(C)S(C)(=O)=O)=NC2C(C)C)nc(-c2ccc(F)cc2)c1/C=C/[C@@H](O)C[C@@H](O)CC(=O)[O-].[Li+]. The molecule has 0 saturated carbocycles. The molecule has 0 aliphatic carbocycles. The van der Waals surface area contributed by atoms with Crippen LogP contribution in [0.4, 0.5) is 14.7 Å². The molecular formula is C38H47F2LiN6O9S2. The third kappa shape index (κ3) is 12.0. The van der Waals surface area contributed by atoms with E-state index in [1.807, 2.05) is 0 Å². The van der Waals surface area contributed by atoms with Crippen LogP contribution in [0.25, 0.3) is 17.3 Å². The Morgan fingerprint density at radius 3 is 1.95 bits per heavy atom. The summed E-state index contributed by atoms with van der Waals surface area (Å²) in [4.78, 5) is 29.0. The summed E-state index contributed by atoms with van der Waals surface area (Å²) in [5.41, 5.74) is 1.56. The summed E-state index contributed by atoms with van der Waals surface area (Å²) in [6, 6.07) is 9.41. The molecule has 0 fully saturated rings. The molecule has 2 aromatic carbocycles. The van der Waals surface area contributed by atoms with Gasteiger partial charge in [0.05, 0.1) is 59.4 Å². The molecule has 15 nitrogen and oxygen atoms in total. The summed E-state index contributed by atoms with van der Waals surface area (Å²) in [5.74, 6) is -5.87. The first-order chi connectivity index (χ1) is 26.5. The van der Waals surface area contributed by atoms with E-state index in [4.69, 9.17) is 0 Å². The van der Waals surface area contributed by atoms with Crippen LogP contribution in [0.15, 0.2) is 64.6 Å². The molecule has 4 rings (SSSR count). The number of rotatable bonds is 16. The molecule has 2 heterocycles. The second kappa shape index (κ2) is 19.8. The van der Waals surface area contributed by atoms with E-state index in [1.165, 1.54) is 62.6 Å². The number of guanidine groups is 1. The van der Waals surface area contributed by atoms with Crippen molar-refractivity contribution >= 4 is 49.7 Å². The van der Waals surface area contributed by atoms with Gasteiger partial charge in [0, 0.05) is 44.0 Å². The summed E-state index contributed by atoms with van der Waals surface area (Å²) in [7, 11) is -5.88. The largest absolute Gasteiger partial charge is 1.00 e. The number of nitrogens with zero attached hydrogens (tertiary/aromatic N) is 6. The standard InChI is InChI=1S/C38H48F2N6O9S2.Li/c1-21(2)33-29(17-16-27(47)18-28(48)19-31(50)51)35(23-8-12-25(39)13-9-23)43-38(41-33)46(6)57(54,55)20-30(49)32-34(22(3)4)42-37(45(5)56(7,52)53)44-36(32)24-10-14-26(40)15-11-24;/h8-17,21-22,27-28,30,32,34,47-49H,18-20H2,1-7H3,(H,50,51);/q;+1/p-1/b17-16+;/t27-,28-,30?,32?,34?;/m1./s1. The van der Waals surface area contributed by atoms with Crippen LogP contribution >= 0.6 is 0 Å². The van der Waals surface area contributed by atoms with Crippen LogP contribution in [-0.2, 0) is 24.8 Å². The molecule has 0 radical (unpaired) electrons. The summed E-state index contributed by atoms with van der Waals surface area (Å²) < 4.78 is 83.1. The second-order valence-electron chi connectivity index (χ2n) is 14.5. The molecular weight excluding hydrogens is 794 g/mol. The molecule has 1 aromatic heterocycles. The molecule has 1 aliphatic heterocycles. The maximum atomic E-state index is 14.2. The fourth-order valence-electron chi connectivity index (χ4n) is 6.18. The van der Waals surface area contributed by atoms with Crippen molar-refractivity contribution in [3.8, 4) is 11.3 Å². The van der Waals surface area contributed by atoms with Gasteiger partial charge in [-0.3, -0.25) is 0 Å². The van der Waals surface area contributed by atoms with Crippen LogP contribution in [-0.4, -0.2) is 115 Å². The number of benzene rings is 2. The molecule has 5 atom stereocenters. The minimum absolute atomic E-state index is 0. The normalized spacial score (nSPS) is 17.7. The number of anilines is 1. The molecule has 58 heavy (non-hydrogen) atoms. The van der Waals surface area contributed by atoms with Gasteiger partial charge in [-0.05, 0) is 53.8 Å². The van der Waals surface area contributed by atoms with Gasteiger partial charge in [0.25, 0.3) is 0 Å². The molecule has 0 amide bonds. The van der Waals surface area contributed by atoms with Crippen LogP contribution in [0.1, 0.15) is 63.3 Å². The van der Waals surface area contributed by atoms with Gasteiger partial charge in [-0.25, -0.2) is 54.2 Å². The number of hydrogen-bond acceptors (Lipinski definition) is 13. The van der Waals surface area contributed by atoms with Gasteiger partial charge in [0.2, 0.25) is 32.0 Å². The van der Waals surface area contributed by atoms with E-state index in [9.17, 15) is 50.8 Å². The summed E-state index contributed by atoms with van der Waals surface area (Å²) in [6.45, 7) is 7.08. The Morgan fingerprint density at radius 2 is 1.45 bits per heavy atom. The second-order valence-corrected chi connectivity index (χ2v) is 18.5. The van der Waals surface area contributed by atoms with Gasteiger partial charge in [0.15, 0.2) is 0 Å². The number of carboxylic acids is 1. The maximum absolute atomic E-state index is 14.2. The van der Waals surface area contributed by atoms with Gasteiger partial charge >= 0.3 is 18.9 Å². The Labute approximate surface area is 349 Å². The maximum Gasteiger partial charge on any atom is 1.00 e. The van der Waals surface area contributed by atoms with E-state index in [0.29, 0.717) is 22.4 Å². The van der Waals surface area contributed by atoms with E-state index >= 15 is 0 Å². The summed E-state index contributed by atoms with van der Waals surface area (Å²) in [6.07, 6.45) is -1.71. The topological polar surface area (TPSA) is 226 Å². The van der Waals surface area contributed by atoms with E-state index in [0.717, 1.165) is 27.0 Å². The number of hydrogen-bond donors (Lipinski definition) is 3. The van der Waals surface area contributed by atoms with Crippen molar-refractivity contribution in [3.05, 3.63) is 83.1 Å². The average molecular weight is 841 g/mol. The third-order valence-electron chi connectivity index (χ3n) is 9.29. The first-order valence-electron chi connectivity index (χ1n) is 17.9. The monoisotopic (exact) mass is 840 g/mol. The molecule has 3 unspecified atom stereocenters. The van der Waals surface area contributed by atoms with Crippen molar-refractivity contribution < 1.29 is 69.7 Å². The van der Waals surface area contributed by atoms with Crippen LogP contribution in [0.2, 0.25) is 0 Å². The first kappa shape index (κ1) is 48.3. The predicted molar refractivity (Wildman–Crippen MR) is 210 cm³/mol. The number of carbonyl (C=O) groups is 1. The zero-order valence-electron chi connectivity index (χ0n) is 33.5. The van der Waals surface area contributed by atoms with Crippen molar-refractivity contribution in [2.75, 3.05) is 30.4 Å². The molecule has 3 N–H and O–H groups in total. The van der Waals surface area contributed by atoms with Crippen LogP contribution in [0.5, 0.6) is 0 Å². The molecule has 1 aliphatic rings. The van der Waals surface area contributed by atoms with E-state index in [-0.39, 0.29) is 60.4 Å². The van der Waals surface area contributed by atoms with Crippen LogP contribution in [0.3, 0.4) is 0 Å². The van der Waals surface area contributed by atoms with Gasteiger partial charge in [-0.2, -0.15) is 0 Å². The van der Waals surface area contributed by atoms with Gasteiger partial charge in [-0.1, -0.05) is 52.0 Å². The van der Waals surface area contributed by atoms with Crippen molar-refractivity contribution in [1.82, 2.24) is 14.3 Å². The van der Waals surface area contributed by atoms with E-state index in [1.54, 1.807) is 27.7 Å². The van der Waals surface area contributed by atoms with Gasteiger partial charge in [-0.15, -0.1) is 0 Å². The molecule has 0 saturated heterocycles. The molecule has 3 aromatic rings. The quantitative estimate of drug-likeness (QED) is 0.154. The molecule has 20 heteroatoms. The number of carboxylic acid groups (broad SMARTS) is 1. The minimum atomic E-state index is -4.50. The van der Waals surface area contributed by atoms with E-state index in [2.05, 4.69) is 20.0 Å². The Kier molecular flexibility index (Phi) is 16.5. The number of aliphatic carboxylic acids is 1. The van der Waals surface area contributed by atoms with Crippen molar-refractivity contribution in [2.45, 2.75) is 70.8 Å². The molecule has 310 valence electrons. The van der Waals surface area contributed by atoms with Crippen LogP contribution < -0.4 is 28.3 Å². The number of halogens is 2. The number of aliphatic hydroxyl groups is 3. The Balaban J connectivity index is 0.00000900. The van der Waals surface area contributed by atoms with Crippen molar-refractivity contribution in [1.29, 1.82) is 0 Å². The van der Waals surface area contributed by atoms with Crippen molar-refractivity contribution in [3.63, 3.8) is 0 Å². The number of sulfonamides is 2. The fraction of sp³-hybridized carbons (Fsp3) is 0.447. The zero-order valence-corrected chi connectivity index (χ0v) is 35.1. The zero-order chi connectivity index (χ0) is 42.6. The summed E-state index contributed by atoms with van der Waals surface area (Å²) in [5, 5.41) is 43.3. The average Bonchev–Trinajstić information content (AvgIpc) is 3.12. The first-order valence-corrected chi connectivity index (χ1v) is 21.4. The number of aliphatic hydroxyl groups excluding tert-OH is 3. The Bertz CT molecular complexity index is 2240. The molecule has 0 spiro atoms. The van der Waals surface area contributed by atoms with Gasteiger partial charge < -0.3 is 25.2 Å². The Morgan fingerprint density at radius 1 is 0.897 bits per heavy atom. The van der Waals surface area contributed by atoms with Crippen molar-refractivity contribution in [2.24, 2.45) is 21.8 Å².